The maximum atomic E-state index is 13.0. The smallest absolute Gasteiger partial charge is 0.319 e. The van der Waals surface area contributed by atoms with Crippen molar-refractivity contribution >= 4 is 17.6 Å². The van der Waals surface area contributed by atoms with Gasteiger partial charge in [-0.25, -0.2) is 0 Å². The summed E-state index contributed by atoms with van der Waals surface area (Å²) in [4.78, 5) is 24.9. The molecule has 0 aliphatic heterocycles. The number of ether oxygens (including phenoxy) is 1. The lowest BCUT2D eigenvalue weighted by Crippen LogP contribution is -2.59. The summed E-state index contributed by atoms with van der Waals surface area (Å²) < 4.78 is 7.08. The first kappa shape index (κ1) is 18.1. The Labute approximate surface area is 167 Å². The van der Waals surface area contributed by atoms with Crippen molar-refractivity contribution in [3.05, 3.63) is 24.0 Å². The number of methoxy groups -OCH3 is 1. The number of aliphatic carboxylic acids is 1. The van der Waals surface area contributed by atoms with Gasteiger partial charge in [0.15, 0.2) is 5.82 Å². The van der Waals surface area contributed by atoms with Crippen LogP contribution in [0, 0.1) is 10.8 Å². The number of carboxylic acid groups (broad SMARTS) is 1. The fourth-order valence-corrected chi connectivity index (χ4v) is 4.81. The highest BCUT2D eigenvalue weighted by molar-refractivity contribution is 6.09. The van der Waals surface area contributed by atoms with E-state index in [0.29, 0.717) is 35.9 Å². The van der Waals surface area contributed by atoms with Gasteiger partial charge in [-0.05, 0) is 72.6 Å². The maximum Gasteiger partial charge on any atom is 0.319 e. The Hall–Kier alpha value is -2.97. The molecule has 3 aliphatic carbocycles. The van der Waals surface area contributed by atoms with Crippen molar-refractivity contribution in [1.29, 1.82) is 0 Å². The molecule has 1 spiro atoms. The van der Waals surface area contributed by atoms with E-state index in [1.54, 1.807) is 30.0 Å². The van der Waals surface area contributed by atoms with Crippen LogP contribution in [0.5, 0.6) is 5.75 Å². The van der Waals surface area contributed by atoms with E-state index in [0.717, 1.165) is 37.9 Å². The minimum Gasteiger partial charge on any atom is -0.494 e. The summed E-state index contributed by atoms with van der Waals surface area (Å²) in [7, 11) is 1.56. The summed E-state index contributed by atoms with van der Waals surface area (Å²) in [5.74, 6) is 0.161. The van der Waals surface area contributed by atoms with Crippen LogP contribution >= 0.6 is 0 Å². The average molecular weight is 397 g/mol. The molecule has 0 bridgehead atoms. The standard InChI is InChI=1S/C20H23N5O4/c1-29-15-6-5-13(9-14(15)25-16(12-3-4-12)22-23-24-25)21-17(26)20(18(27)28)10-19(11-20)7-2-8-19/h5-6,9,12H,2-4,7-8,10-11H2,1H3,(H,21,26)(H,27,28). The van der Waals surface area contributed by atoms with Gasteiger partial charge in [0.1, 0.15) is 16.9 Å². The van der Waals surface area contributed by atoms with E-state index in [1.165, 1.54) is 0 Å². The van der Waals surface area contributed by atoms with Crippen LogP contribution in [-0.2, 0) is 9.59 Å². The molecule has 29 heavy (non-hydrogen) atoms. The van der Waals surface area contributed by atoms with Gasteiger partial charge < -0.3 is 15.2 Å². The number of carboxylic acids is 1. The molecule has 1 amide bonds. The van der Waals surface area contributed by atoms with Crippen LogP contribution in [0.1, 0.15) is 56.7 Å². The highest BCUT2D eigenvalue weighted by atomic mass is 16.5. The van der Waals surface area contributed by atoms with Crippen molar-refractivity contribution in [2.24, 2.45) is 10.8 Å². The number of hydrogen-bond acceptors (Lipinski definition) is 6. The quantitative estimate of drug-likeness (QED) is 0.719. The molecule has 5 rings (SSSR count). The maximum absolute atomic E-state index is 13.0. The summed E-state index contributed by atoms with van der Waals surface area (Å²) in [6.07, 6.45) is 6.08. The average Bonchev–Trinajstić information content (AvgIpc) is 3.36. The minimum absolute atomic E-state index is 0.0619. The first-order valence-electron chi connectivity index (χ1n) is 9.98. The van der Waals surface area contributed by atoms with Crippen LogP contribution in [0.2, 0.25) is 0 Å². The molecule has 1 aromatic heterocycles. The van der Waals surface area contributed by atoms with Gasteiger partial charge in [-0.3, -0.25) is 9.59 Å². The summed E-state index contributed by atoms with van der Waals surface area (Å²) >= 11 is 0. The molecule has 2 aromatic rings. The zero-order valence-electron chi connectivity index (χ0n) is 16.2. The fraction of sp³-hybridized carbons (Fsp3) is 0.550. The molecule has 3 saturated carbocycles. The third-order valence-electron chi connectivity index (χ3n) is 6.71. The molecule has 3 aliphatic rings. The molecule has 0 atom stereocenters. The summed E-state index contributed by atoms with van der Waals surface area (Å²) in [5.41, 5.74) is -0.162. The number of hydrogen-bond donors (Lipinski definition) is 2. The van der Waals surface area contributed by atoms with Crippen molar-refractivity contribution in [2.75, 3.05) is 12.4 Å². The molecular weight excluding hydrogens is 374 g/mol. The number of carbonyl (C=O) groups is 2. The van der Waals surface area contributed by atoms with Gasteiger partial charge in [0.25, 0.3) is 0 Å². The van der Waals surface area contributed by atoms with Crippen molar-refractivity contribution in [3.63, 3.8) is 0 Å². The van der Waals surface area contributed by atoms with E-state index < -0.39 is 17.3 Å². The Bertz CT molecular complexity index is 985. The van der Waals surface area contributed by atoms with E-state index >= 15 is 0 Å². The van der Waals surface area contributed by atoms with Gasteiger partial charge in [-0.2, -0.15) is 4.68 Å². The van der Waals surface area contributed by atoms with Gasteiger partial charge >= 0.3 is 5.97 Å². The van der Waals surface area contributed by atoms with E-state index in [1.807, 2.05) is 0 Å². The number of nitrogens with zero attached hydrogens (tertiary/aromatic N) is 4. The number of rotatable bonds is 6. The number of carbonyl (C=O) groups excluding carboxylic acids is 1. The second-order valence-corrected chi connectivity index (χ2v) is 8.66. The lowest BCUT2D eigenvalue weighted by atomic mass is 9.45. The fourth-order valence-electron chi connectivity index (χ4n) is 4.81. The van der Waals surface area contributed by atoms with Gasteiger partial charge in [0, 0.05) is 11.6 Å². The van der Waals surface area contributed by atoms with E-state index in [2.05, 4.69) is 20.8 Å². The second kappa shape index (κ2) is 6.27. The molecule has 0 radical (unpaired) electrons. The minimum atomic E-state index is -1.34. The molecule has 3 fully saturated rings. The number of amides is 1. The van der Waals surface area contributed by atoms with Gasteiger partial charge in [-0.15, -0.1) is 5.10 Å². The Morgan fingerprint density at radius 1 is 1.28 bits per heavy atom. The van der Waals surface area contributed by atoms with Crippen LogP contribution < -0.4 is 10.1 Å². The van der Waals surface area contributed by atoms with E-state index in [9.17, 15) is 14.7 Å². The van der Waals surface area contributed by atoms with E-state index in [-0.39, 0.29) is 5.41 Å². The Balaban J connectivity index is 1.42. The highest BCUT2D eigenvalue weighted by Gasteiger charge is 2.65. The zero-order valence-corrected chi connectivity index (χ0v) is 16.2. The molecule has 1 aromatic carbocycles. The second-order valence-electron chi connectivity index (χ2n) is 8.66. The van der Waals surface area contributed by atoms with Crippen LogP contribution in [-0.4, -0.2) is 44.3 Å². The SMILES string of the molecule is COc1ccc(NC(=O)C2(C(=O)O)CC3(CCC3)C2)cc1-n1nnnc1C1CC1. The monoisotopic (exact) mass is 397 g/mol. The molecule has 0 unspecified atom stereocenters. The number of anilines is 1. The van der Waals surface area contributed by atoms with Crippen LogP contribution in [0.3, 0.4) is 0 Å². The Morgan fingerprint density at radius 2 is 2.03 bits per heavy atom. The highest BCUT2D eigenvalue weighted by Crippen LogP contribution is 2.64. The van der Waals surface area contributed by atoms with Crippen LogP contribution in [0.25, 0.3) is 5.69 Å². The van der Waals surface area contributed by atoms with Gasteiger partial charge in [-0.1, -0.05) is 6.42 Å². The van der Waals surface area contributed by atoms with Crippen LogP contribution in [0.4, 0.5) is 5.69 Å². The van der Waals surface area contributed by atoms with Gasteiger partial charge in [0.2, 0.25) is 5.91 Å². The zero-order chi connectivity index (χ0) is 20.2. The first-order valence-corrected chi connectivity index (χ1v) is 9.98. The number of nitrogens with one attached hydrogen (secondary N) is 1. The van der Waals surface area contributed by atoms with Crippen LogP contribution in [0.15, 0.2) is 18.2 Å². The normalized spacial score (nSPS) is 21.1. The van der Waals surface area contributed by atoms with Crippen molar-refractivity contribution in [1.82, 2.24) is 20.2 Å². The molecule has 2 N–H and O–H groups in total. The number of tetrazole rings is 1. The first-order chi connectivity index (χ1) is 14.0. The third kappa shape index (κ3) is 2.79. The number of benzene rings is 1. The molecule has 1 heterocycles. The summed E-state index contributed by atoms with van der Waals surface area (Å²) in [6, 6.07) is 5.16. The lowest BCUT2D eigenvalue weighted by molar-refractivity contribution is -0.178. The van der Waals surface area contributed by atoms with E-state index in [4.69, 9.17) is 4.74 Å². The molecule has 9 nitrogen and oxygen atoms in total. The summed E-state index contributed by atoms with van der Waals surface area (Å²) in [6.45, 7) is 0. The Morgan fingerprint density at radius 3 is 2.62 bits per heavy atom. The molecule has 0 saturated heterocycles. The molecule has 9 heteroatoms. The molecular formula is C20H23N5O4. The number of aromatic nitrogens is 4. The van der Waals surface area contributed by atoms with Gasteiger partial charge in [0.05, 0.1) is 7.11 Å². The van der Waals surface area contributed by atoms with Crippen molar-refractivity contribution < 1.29 is 19.4 Å². The largest absolute Gasteiger partial charge is 0.494 e. The summed E-state index contributed by atoms with van der Waals surface area (Å²) in [5, 5.41) is 24.6. The molecule has 152 valence electrons. The topological polar surface area (TPSA) is 119 Å². The van der Waals surface area contributed by atoms with Crippen molar-refractivity contribution in [3.8, 4) is 11.4 Å². The lowest BCUT2D eigenvalue weighted by Gasteiger charge is -2.58. The third-order valence-corrected chi connectivity index (χ3v) is 6.71. The Kier molecular flexibility index (Phi) is 3.91. The predicted octanol–water partition coefficient (Wildman–Crippen LogP) is 2.52. The van der Waals surface area contributed by atoms with Crippen molar-refractivity contribution in [2.45, 2.75) is 50.9 Å². The predicted molar refractivity (Wildman–Crippen MR) is 102 cm³/mol.